The zero-order chi connectivity index (χ0) is 12.4. The number of fused-ring (bicyclic) bond motifs is 1. The summed E-state index contributed by atoms with van der Waals surface area (Å²) < 4.78 is 12.9. The highest BCUT2D eigenvalue weighted by atomic mass is 16.6. The van der Waals surface area contributed by atoms with Crippen LogP contribution in [0.4, 0.5) is 0 Å². The van der Waals surface area contributed by atoms with E-state index >= 15 is 0 Å². The Labute approximate surface area is 104 Å². The first-order valence-electron chi connectivity index (χ1n) is 5.73. The Morgan fingerprint density at radius 2 is 2.17 bits per heavy atom. The number of rotatable bonds is 3. The highest BCUT2D eigenvalue weighted by Crippen LogP contribution is 2.18. The van der Waals surface area contributed by atoms with Gasteiger partial charge < -0.3 is 9.47 Å². The van der Waals surface area contributed by atoms with Gasteiger partial charge in [-0.05, 0) is 12.1 Å². The molecule has 92 valence electrons. The molecule has 1 atom stereocenters. The average Bonchev–Trinajstić information content (AvgIpc) is 2.79. The molecule has 0 saturated carbocycles. The van der Waals surface area contributed by atoms with Gasteiger partial charge in [0.1, 0.15) is 12.4 Å². The van der Waals surface area contributed by atoms with Crippen LogP contribution in [0, 0.1) is 0 Å². The van der Waals surface area contributed by atoms with Crippen molar-refractivity contribution >= 4 is 0 Å². The van der Waals surface area contributed by atoms with Gasteiger partial charge >= 0.3 is 0 Å². The van der Waals surface area contributed by atoms with Gasteiger partial charge in [0.25, 0.3) is 11.6 Å². The third-order valence-electron chi connectivity index (χ3n) is 2.70. The summed E-state index contributed by atoms with van der Waals surface area (Å²) in [6, 6.07) is 11.3. The molecule has 2 heterocycles. The van der Waals surface area contributed by atoms with Crippen LogP contribution in [0.15, 0.2) is 47.4 Å². The highest BCUT2D eigenvalue weighted by Gasteiger charge is 2.23. The van der Waals surface area contributed by atoms with Crippen LogP contribution in [0.25, 0.3) is 0 Å². The molecule has 1 aliphatic rings. The Balaban J connectivity index is 1.63. The van der Waals surface area contributed by atoms with E-state index < -0.39 is 0 Å². The molecule has 2 aromatic rings. The Morgan fingerprint density at radius 1 is 1.33 bits per heavy atom. The minimum atomic E-state index is -0.286. The first-order chi connectivity index (χ1) is 8.81. The lowest BCUT2D eigenvalue weighted by Crippen LogP contribution is -2.23. The van der Waals surface area contributed by atoms with Crippen LogP contribution < -0.4 is 15.0 Å². The quantitative estimate of drug-likeness (QED) is 0.810. The second kappa shape index (κ2) is 4.52. The van der Waals surface area contributed by atoms with Crippen LogP contribution in [0.2, 0.25) is 0 Å². The van der Waals surface area contributed by atoms with Gasteiger partial charge in [0, 0.05) is 12.3 Å². The van der Waals surface area contributed by atoms with Crippen molar-refractivity contribution in [2.45, 2.75) is 12.6 Å². The summed E-state index contributed by atoms with van der Waals surface area (Å²) in [6.07, 6.45) is 1.58. The number of benzene rings is 1. The minimum absolute atomic E-state index is 0.112. The summed E-state index contributed by atoms with van der Waals surface area (Å²) in [5, 5.41) is 0. The molecular weight excluding hydrogens is 232 g/mol. The lowest BCUT2D eigenvalue weighted by molar-refractivity contribution is 0.143. The maximum absolute atomic E-state index is 11.1. The van der Waals surface area contributed by atoms with Gasteiger partial charge in [-0.1, -0.05) is 18.2 Å². The molecule has 1 aromatic heterocycles. The molecule has 0 N–H and O–H groups in total. The molecule has 0 spiro atoms. The van der Waals surface area contributed by atoms with Crippen LogP contribution in [0.3, 0.4) is 0 Å². The smallest absolute Gasteiger partial charge is 0.300 e. The van der Waals surface area contributed by atoms with Crippen LogP contribution in [0.1, 0.15) is 0 Å². The van der Waals surface area contributed by atoms with Crippen molar-refractivity contribution in [2.75, 3.05) is 6.61 Å². The SMILES string of the molecule is O=c1ccn2c(n1)OC(COc1ccccc1)C2. The van der Waals surface area contributed by atoms with E-state index in [1.165, 1.54) is 6.07 Å². The predicted molar refractivity (Wildman–Crippen MR) is 64.9 cm³/mol. The number of aromatic nitrogens is 2. The van der Waals surface area contributed by atoms with Crippen LogP contribution in [0.5, 0.6) is 11.8 Å². The van der Waals surface area contributed by atoms with Gasteiger partial charge in [0.2, 0.25) is 0 Å². The summed E-state index contributed by atoms with van der Waals surface area (Å²) in [5.74, 6) is 0.805. The topological polar surface area (TPSA) is 53.4 Å². The lowest BCUT2D eigenvalue weighted by atomic mass is 10.3. The Hall–Kier alpha value is -2.30. The van der Waals surface area contributed by atoms with E-state index in [0.717, 1.165) is 5.75 Å². The van der Waals surface area contributed by atoms with Crippen molar-refractivity contribution in [3.05, 3.63) is 52.9 Å². The van der Waals surface area contributed by atoms with Crippen molar-refractivity contribution in [1.82, 2.24) is 9.55 Å². The third-order valence-corrected chi connectivity index (χ3v) is 2.70. The van der Waals surface area contributed by atoms with Crippen molar-refractivity contribution in [3.63, 3.8) is 0 Å². The number of ether oxygens (including phenoxy) is 2. The summed E-state index contributed by atoms with van der Waals surface area (Å²) in [5.41, 5.74) is -0.286. The van der Waals surface area contributed by atoms with Crippen molar-refractivity contribution in [1.29, 1.82) is 0 Å². The number of para-hydroxylation sites is 1. The molecule has 18 heavy (non-hydrogen) atoms. The molecule has 1 aromatic carbocycles. The number of hydrogen-bond acceptors (Lipinski definition) is 4. The minimum Gasteiger partial charge on any atom is -0.490 e. The van der Waals surface area contributed by atoms with Gasteiger partial charge in [-0.2, -0.15) is 4.98 Å². The third kappa shape index (κ3) is 2.20. The fraction of sp³-hybridized carbons (Fsp3) is 0.231. The first kappa shape index (κ1) is 10.8. The predicted octanol–water partition coefficient (Wildman–Crippen LogP) is 1.08. The Kier molecular flexibility index (Phi) is 2.72. The van der Waals surface area contributed by atoms with Gasteiger partial charge in [-0.15, -0.1) is 0 Å². The Morgan fingerprint density at radius 3 is 3.00 bits per heavy atom. The molecule has 0 radical (unpaired) electrons. The molecule has 3 rings (SSSR count). The monoisotopic (exact) mass is 244 g/mol. The van der Waals surface area contributed by atoms with E-state index in [0.29, 0.717) is 19.2 Å². The first-order valence-corrected chi connectivity index (χ1v) is 5.73. The molecule has 1 unspecified atom stereocenters. The molecule has 0 fully saturated rings. The fourth-order valence-electron chi connectivity index (χ4n) is 1.84. The van der Waals surface area contributed by atoms with Gasteiger partial charge in [-0.3, -0.25) is 9.36 Å². The largest absolute Gasteiger partial charge is 0.490 e. The van der Waals surface area contributed by atoms with Crippen LogP contribution >= 0.6 is 0 Å². The van der Waals surface area contributed by atoms with E-state index in [9.17, 15) is 4.79 Å². The standard InChI is InChI=1S/C13H12N2O3/c16-12-6-7-15-8-11(18-13(15)14-12)9-17-10-4-2-1-3-5-10/h1-7,11H,8-9H2. The second-order valence-corrected chi connectivity index (χ2v) is 4.06. The normalized spacial score (nSPS) is 17.0. The van der Waals surface area contributed by atoms with Crippen molar-refractivity contribution in [3.8, 4) is 11.8 Å². The van der Waals surface area contributed by atoms with Gasteiger partial charge in [0.15, 0.2) is 6.10 Å². The molecule has 0 saturated heterocycles. The van der Waals surface area contributed by atoms with E-state index in [1.54, 1.807) is 10.8 Å². The molecule has 1 aliphatic heterocycles. The van der Waals surface area contributed by atoms with Crippen LogP contribution in [-0.4, -0.2) is 22.3 Å². The van der Waals surface area contributed by atoms with Gasteiger partial charge in [-0.25, -0.2) is 0 Å². The molecular formula is C13H12N2O3. The average molecular weight is 244 g/mol. The zero-order valence-electron chi connectivity index (χ0n) is 9.65. The number of nitrogens with zero attached hydrogens (tertiary/aromatic N) is 2. The molecule has 0 amide bonds. The highest BCUT2D eigenvalue weighted by molar-refractivity contribution is 5.21. The summed E-state index contributed by atoms with van der Waals surface area (Å²) in [4.78, 5) is 14.9. The zero-order valence-corrected chi connectivity index (χ0v) is 9.65. The van der Waals surface area contributed by atoms with Crippen LogP contribution in [-0.2, 0) is 6.54 Å². The van der Waals surface area contributed by atoms with Crippen molar-refractivity contribution < 1.29 is 9.47 Å². The van der Waals surface area contributed by atoms with E-state index in [2.05, 4.69) is 4.98 Å². The maximum atomic E-state index is 11.1. The maximum Gasteiger partial charge on any atom is 0.300 e. The molecule has 0 aliphatic carbocycles. The van der Waals surface area contributed by atoms with E-state index in [4.69, 9.17) is 9.47 Å². The van der Waals surface area contributed by atoms with Gasteiger partial charge in [0.05, 0.1) is 6.54 Å². The summed E-state index contributed by atoms with van der Waals surface area (Å²) in [6.45, 7) is 1.08. The fourth-order valence-corrected chi connectivity index (χ4v) is 1.84. The lowest BCUT2D eigenvalue weighted by Gasteiger charge is -2.10. The summed E-state index contributed by atoms with van der Waals surface area (Å²) in [7, 11) is 0. The molecule has 5 nitrogen and oxygen atoms in total. The number of hydrogen-bond donors (Lipinski definition) is 0. The van der Waals surface area contributed by atoms with Crippen molar-refractivity contribution in [2.24, 2.45) is 0 Å². The summed E-state index contributed by atoms with van der Waals surface area (Å²) >= 11 is 0. The van der Waals surface area contributed by atoms with E-state index in [1.807, 2.05) is 30.3 Å². The molecule has 5 heteroatoms. The van der Waals surface area contributed by atoms with E-state index in [-0.39, 0.29) is 11.7 Å². The Bertz CT molecular complexity index is 595. The molecule has 0 bridgehead atoms. The second-order valence-electron chi connectivity index (χ2n) is 4.06.